The summed E-state index contributed by atoms with van der Waals surface area (Å²) in [5, 5.41) is 14.8. The molecule has 3 aromatic rings. The van der Waals surface area contributed by atoms with Gasteiger partial charge in [-0.3, -0.25) is 5.43 Å². The van der Waals surface area contributed by atoms with Crippen molar-refractivity contribution in [3.63, 3.8) is 0 Å². The molecule has 0 amide bonds. The molecule has 0 aliphatic heterocycles. The van der Waals surface area contributed by atoms with Crippen LogP contribution in [0.3, 0.4) is 0 Å². The number of benzene rings is 2. The van der Waals surface area contributed by atoms with Crippen molar-refractivity contribution in [3.05, 3.63) is 62.7 Å². The first-order chi connectivity index (χ1) is 13.4. The number of aromatic nitrogens is 2. The van der Waals surface area contributed by atoms with Crippen LogP contribution >= 0.6 is 31.9 Å². The minimum absolute atomic E-state index is 0.0812. The van der Waals surface area contributed by atoms with Crippen LogP contribution in [0.25, 0.3) is 11.4 Å². The van der Waals surface area contributed by atoms with Gasteiger partial charge in [0.15, 0.2) is 11.6 Å². The SMILES string of the molecule is COc1ccc(C(C)=NNc2cc(C)nc(-c3cc(Br)cc(Br)c3O)n2)cc1. The average molecular weight is 506 g/mol. The molecule has 8 heteroatoms. The summed E-state index contributed by atoms with van der Waals surface area (Å²) >= 11 is 6.76. The molecular weight excluding hydrogens is 488 g/mol. The second kappa shape index (κ2) is 8.70. The fourth-order valence-corrected chi connectivity index (χ4v) is 3.75. The van der Waals surface area contributed by atoms with E-state index >= 15 is 0 Å². The number of anilines is 1. The molecule has 2 aromatic carbocycles. The number of methoxy groups -OCH3 is 1. The number of aromatic hydroxyl groups is 1. The number of halogens is 2. The van der Waals surface area contributed by atoms with Crippen molar-refractivity contribution >= 4 is 43.4 Å². The lowest BCUT2D eigenvalue weighted by molar-refractivity contribution is 0.415. The predicted octanol–water partition coefficient (Wildman–Crippen LogP) is 5.53. The highest BCUT2D eigenvalue weighted by Crippen LogP contribution is 2.37. The molecule has 1 aromatic heterocycles. The zero-order valence-electron chi connectivity index (χ0n) is 15.5. The second-order valence-electron chi connectivity index (χ2n) is 6.04. The second-order valence-corrected chi connectivity index (χ2v) is 7.81. The Morgan fingerprint density at radius 3 is 2.50 bits per heavy atom. The van der Waals surface area contributed by atoms with E-state index in [2.05, 4.69) is 52.4 Å². The molecule has 0 unspecified atom stereocenters. The quantitative estimate of drug-likeness (QED) is 0.352. The molecule has 1 heterocycles. The van der Waals surface area contributed by atoms with Gasteiger partial charge in [-0.15, -0.1) is 0 Å². The number of hydrogen-bond acceptors (Lipinski definition) is 6. The summed E-state index contributed by atoms with van der Waals surface area (Å²) in [4.78, 5) is 8.93. The number of ether oxygens (including phenoxy) is 1. The van der Waals surface area contributed by atoms with Gasteiger partial charge in [0.1, 0.15) is 11.5 Å². The van der Waals surface area contributed by atoms with E-state index in [1.54, 1.807) is 25.3 Å². The van der Waals surface area contributed by atoms with Crippen molar-refractivity contribution in [2.45, 2.75) is 13.8 Å². The molecule has 0 saturated carbocycles. The fourth-order valence-electron chi connectivity index (χ4n) is 2.52. The van der Waals surface area contributed by atoms with Crippen molar-refractivity contribution in [3.8, 4) is 22.9 Å². The van der Waals surface area contributed by atoms with Gasteiger partial charge in [0.05, 0.1) is 22.9 Å². The summed E-state index contributed by atoms with van der Waals surface area (Å²) in [6.45, 7) is 3.77. The number of phenols is 1. The number of rotatable bonds is 5. The van der Waals surface area contributed by atoms with Crippen LogP contribution in [-0.4, -0.2) is 27.9 Å². The van der Waals surface area contributed by atoms with E-state index in [9.17, 15) is 5.11 Å². The Kier molecular flexibility index (Phi) is 6.31. The molecule has 0 radical (unpaired) electrons. The number of phenolic OH excluding ortho intramolecular Hbond substituents is 1. The Morgan fingerprint density at radius 2 is 1.82 bits per heavy atom. The minimum Gasteiger partial charge on any atom is -0.506 e. The van der Waals surface area contributed by atoms with Crippen LogP contribution < -0.4 is 10.2 Å². The molecule has 0 aliphatic carbocycles. The number of aryl methyl sites for hydroxylation is 1. The number of hydrogen-bond donors (Lipinski definition) is 2. The first-order valence-electron chi connectivity index (χ1n) is 8.36. The van der Waals surface area contributed by atoms with Crippen molar-refractivity contribution in [2.24, 2.45) is 5.10 Å². The summed E-state index contributed by atoms with van der Waals surface area (Å²) in [6, 6.07) is 13.0. The van der Waals surface area contributed by atoms with Crippen molar-refractivity contribution in [1.82, 2.24) is 9.97 Å². The van der Waals surface area contributed by atoms with Gasteiger partial charge in [-0.25, -0.2) is 9.97 Å². The van der Waals surface area contributed by atoms with E-state index in [1.807, 2.05) is 38.1 Å². The average Bonchev–Trinajstić information content (AvgIpc) is 2.68. The lowest BCUT2D eigenvalue weighted by Crippen LogP contribution is -2.03. The van der Waals surface area contributed by atoms with Gasteiger partial charge < -0.3 is 9.84 Å². The highest BCUT2D eigenvalue weighted by atomic mass is 79.9. The van der Waals surface area contributed by atoms with Gasteiger partial charge in [-0.05, 0) is 71.7 Å². The number of nitrogens with zero attached hydrogens (tertiary/aromatic N) is 3. The molecule has 0 bridgehead atoms. The highest BCUT2D eigenvalue weighted by molar-refractivity contribution is 9.11. The normalized spacial score (nSPS) is 11.4. The van der Waals surface area contributed by atoms with E-state index < -0.39 is 0 Å². The standard InChI is InChI=1S/C20H18Br2N4O2/c1-11-8-18(26-25-12(2)13-4-6-15(28-3)7-5-13)24-20(23-11)16-9-14(21)10-17(22)19(16)27/h4-10,27H,1-3H3,(H,23,24,26). The smallest absolute Gasteiger partial charge is 0.165 e. The number of hydrazone groups is 1. The van der Waals surface area contributed by atoms with E-state index in [-0.39, 0.29) is 5.75 Å². The molecule has 0 saturated heterocycles. The third-order valence-electron chi connectivity index (χ3n) is 3.97. The van der Waals surface area contributed by atoms with Gasteiger partial charge in [-0.1, -0.05) is 15.9 Å². The molecule has 28 heavy (non-hydrogen) atoms. The predicted molar refractivity (Wildman–Crippen MR) is 118 cm³/mol. The fraction of sp³-hybridized carbons (Fsp3) is 0.150. The maximum atomic E-state index is 10.4. The zero-order valence-corrected chi connectivity index (χ0v) is 18.7. The van der Waals surface area contributed by atoms with Crippen LogP contribution in [0.15, 0.2) is 56.5 Å². The third-order valence-corrected chi connectivity index (χ3v) is 5.03. The lowest BCUT2D eigenvalue weighted by Gasteiger charge is -2.10. The van der Waals surface area contributed by atoms with Crippen LogP contribution in [0, 0.1) is 6.92 Å². The van der Waals surface area contributed by atoms with Gasteiger partial charge in [0.2, 0.25) is 0 Å². The molecule has 0 aliphatic rings. The Balaban J connectivity index is 1.89. The molecule has 0 fully saturated rings. The first-order valence-corrected chi connectivity index (χ1v) is 9.94. The largest absolute Gasteiger partial charge is 0.506 e. The molecule has 0 spiro atoms. The zero-order chi connectivity index (χ0) is 20.3. The molecule has 144 valence electrons. The summed E-state index contributed by atoms with van der Waals surface area (Å²) in [6.07, 6.45) is 0. The summed E-state index contributed by atoms with van der Waals surface area (Å²) in [5.74, 6) is 1.81. The van der Waals surface area contributed by atoms with Crippen LogP contribution in [0.5, 0.6) is 11.5 Å². The van der Waals surface area contributed by atoms with Crippen molar-refractivity contribution in [2.75, 3.05) is 12.5 Å². The van der Waals surface area contributed by atoms with Crippen LogP contribution in [0.4, 0.5) is 5.82 Å². The Labute approximate surface area is 180 Å². The third kappa shape index (κ3) is 4.69. The van der Waals surface area contributed by atoms with Gasteiger partial charge >= 0.3 is 0 Å². The van der Waals surface area contributed by atoms with Gasteiger partial charge in [0.25, 0.3) is 0 Å². The molecule has 2 N–H and O–H groups in total. The maximum absolute atomic E-state index is 10.4. The topological polar surface area (TPSA) is 79.6 Å². The van der Waals surface area contributed by atoms with Crippen LogP contribution in [-0.2, 0) is 0 Å². The van der Waals surface area contributed by atoms with E-state index in [0.29, 0.717) is 21.7 Å². The van der Waals surface area contributed by atoms with Crippen molar-refractivity contribution in [1.29, 1.82) is 0 Å². The first kappa shape index (κ1) is 20.3. The minimum atomic E-state index is 0.0812. The van der Waals surface area contributed by atoms with Gasteiger partial charge in [0, 0.05) is 16.2 Å². The Morgan fingerprint density at radius 1 is 1.11 bits per heavy atom. The summed E-state index contributed by atoms with van der Waals surface area (Å²) < 4.78 is 6.54. The lowest BCUT2D eigenvalue weighted by atomic mass is 10.1. The van der Waals surface area contributed by atoms with Crippen molar-refractivity contribution < 1.29 is 9.84 Å². The monoisotopic (exact) mass is 504 g/mol. The molecule has 0 atom stereocenters. The summed E-state index contributed by atoms with van der Waals surface area (Å²) in [7, 11) is 1.63. The maximum Gasteiger partial charge on any atom is 0.165 e. The molecule has 3 rings (SSSR count). The Bertz CT molecular complexity index is 1040. The number of nitrogens with one attached hydrogen (secondary N) is 1. The van der Waals surface area contributed by atoms with E-state index in [4.69, 9.17) is 4.74 Å². The summed E-state index contributed by atoms with van der Waals surface area (Å²) in [5.41, 5.74) is 6.00. The Hall–Kier alpha value is -2.45. The van der Waals surface area contributed by atoms with Crippen LogP contribution in [0.1, 0.15) is 18.2 Å². The van der Waals surface area contributed by atoms with Crippen LogP contribution in [0.2, 0.25) is 0 Å². The molecular formula is C20H18Br2N4O2. The highest BCUT2D eigenvalue weighted by Gasteiger charge is 2.13. The van der Waals surface area contributed by atoms with E-state index in [1.165, 1.54) is 0 Å². The molecule has 6 nitrogen and oxygen atoms in total. The van der Waals surface area contributed by atoms with Gasteiger partial charge in [-0.2, -0.15) is 5.10 Å². The van der Waals surface area contributed by atoms with E-state index in [0.717, 1.165) is 27.2 Å².